The molecule has 280 valence electrons. The number of nitrogens with zero attached hydrogens (tertiary/aromatic N) is 1. The van der Waals surface area contributed by atoms with E-state index in [2.05, 4.69) is 187 Å². The average molecular weight is 740 g/mol. The molecule has 2 aromatic heterocycles. The van der Waals surface area contributed by atoms with Gasteiger partial charge in [-0.05, 0) is 118 Å². The molecule has 8 aromatic carbocycles. The molecule has 0 aliphatic rings. The second-order valence-electron chi connectivity index (χ2n) is 13.4. The van der Waals surface area contributed by atoms with E-state index in [-0.39, 0.29) is 0 Å². The summed E-state index contributed by atoms with van der Waals surface area (Å²) in [6.45, 7) is 13.2. The summed E-state index contributed by atoms with van der Waals surface area (Å²) in [7, 11) is 0. The van der Waals surface area contributed by atoms with Crippen LogP contribution in [-0.2, 0) is 0 Å². The summed E-state index contributed by atoms with van der Waals surface area (Å²) in [6.07, 6.45) is 1.75. The van der Waals surface area contributed by atoms with E-state index in [4.69, 9.17) is 4.42 Å². The molecule has 0 bridgehead atoms. The highest BCUT2D eigenvalue weighted by Gasteiger charge is 2.16. The highest BCUT2D eigenvalue weighted by molar-refractivity contribution is 6.11. The first-order valence-electron chi connectivity index (χ1n) is 20.1. The first-order chi connectivity index (χ1) is 28.2. The Morgan fingerprint density at radius 2 is 0.825 bits per heavy atom. The third-order valence-electron chi connectivity index (χ3n) is 9.97. The van der Waals surface area contributed by atoms with Crippen LogP contribution in [0.4, 0.5) is 0 Å². The Kier molecular flexibility index (Phi) is 11.9. The summed E-state index contributed by atoms with van der Waals surface area (Å²) in [5.74, 6) is 0. The lowest BCUT2D eigenvalue weighted by atomic mass is 9.93. The van der Waals surface area contributed by atoms with Crippen LogP contribution in [0, 0.1) is 0 Å². The van der Waals surface area contributed by atoms with Crippen molar-refractivity contribution in [1.29, 1.82) is 0 Å². The van der Waals surface area contributed by atoms with Gasteiger partial charge >= 0.3 is 0 Å². The second-order valence-corrected chi connectivity index (χ2v) is 13.4. The molecule has 0 aliphatic heterocycles. The Morgan fingerprint density at radius 3 is 1.47 bits per heavy atom. The molecule has 0 N–H and O–H groups in total. The van der Waals surface area contributed by atoms with E-state index in [1.54, 1.807) is 6.08 Å². The zero-order valence-corrected chi connectivity index (χ0v) is 33.5. The molecule has 0 fully saturated rings. The summed E-state index contributed by atoms with van der Waals surface area (Å²) in [5.41, 5.74) is 14.9. The van der Waals surface area contributed by atoms with Crippen molar-refractivity contribution in [2.45, 2.75) is 34.6 Å². The van der Waals surface area contributed by atoms with E-state index in [1.807, 2.05) is 46.8 Å². The van der Waals surface area contributed by atoms with Crippen molar-refractivity contribution in [3.63, 3.8) is 0 Å². The molecule has 2 nitrogen and oxygen atoms in total. The number of furan rings is 1. The minimum absolute atomic E-state index is 0.915. The number of rotatable bonds is 5. The third-order valence-corrected chi connectivity index (χ3v) is 9.97. The van der Waals surface area contributed by atoms with Gasteiger partial charge in [-0.3, -0.25) is 0 Å². The number of fused-ring (bicyclic) bond motifs is 6. The van der Waals surface area contributed by atoms with Gasteiger partial charge in [0.05, 0.1) is 11.0 Å². The predicted octanol–water partition coefficient (Wildman–Crippen LogP) is 16.6. The third kappa shape index (κ3) is 7.68. The normalized spacial score (nSPS) is 10.6. The summed E-state index contributed by atoms with van der Waals surface area (Å²) >= 11 is 0. The maximum absolute atomic E-state index is 6.12. The van der Waals surface area contributed by atoms with E-state index in [1.165, 1.54) is 66.3 Å². The van der Waals surface area contributed by atoms with Crippen molar-refractivity contribution in [1.82, 2.24) is 4.57 Å². The molecule has 10 aromatic rings. The van der Waals surface area contributed by atoms with E-state index >= 15 is 0 Å². The number of para-hydroxylation sites is 2. The van der Waals surface area contributed by atoms with Gasteiger partial charge in [-0.15, -0.1) is 6.58 Å². The number of hydrogen-bond acceptors (Lipinski definition) is 1. The fourth-order valence-corrected chi connectivity index (χ4v) is 7.55. The molecule has 2 heterocycles. The number of aromatic nitrogens is 1. The standard InChI is InChI=1S/C48H31NO.C3H6.2C2H6/c1-3-12-32(13-4-1)37-26-38(33-14-5-2-6-15-33)28-39(27-37)34-16-11-17-40(29-34)49-45-20-9-7-18-41(45)43-30-35(22-24-46(43)49)36-23-25-48-44(31-36)42-19-8-10-21-47(42)50-48;1-3-2;2*1-2/h1-31H;3H,1H2,2H3;2*1-2H3. The molecule has 0 aliphatic carbocycles. The first-order valence-corrected chi connectivity index (χ1v) is 20.1. The molecule has 0 saturated carbocycles. The zero-order chi connectivity index (χ0) is 39.7. The molecule has 0 saturated heterocycles. The first kappa shape index (κ1) is 38.4. The number of hydrogen-bond donors (Lipinski definition) is 0. The molecule has 0 atom stereocenters. The van der Waals surface area contributed by atoms with Gasteiger partial charge in [-0.1, -0.05) is 155 Å². The molecular formula is C55H49NO. The van der Waals surface area contributed by atoms with Gasteiger partial charge in [0.25, 0.3) is 0 Å². The van der Waals surface area contributed by atoms with Crippen LogP contribution in [0.5, 0.6) is 0 Å². The maximum Gasteiger partial charge on any atom is 0.135 e. The fraction of sp³-hybridized carbons (Fsp3) is 0.0909. The molecule has 2 heteroatoms. The largest absolute Gasteiger partial charge is 0.456 e. The number of benzene rings is 8. The molecule has 10 rings (SSSR count). The van der Waals surface area contributed by atoms with Crippen LogP contribution in [0.25, 0.3) is 93.9 Å². The van der Waals surface area contributed by atoms with Crippen molar-refractivity contribution in [3.8, 4) is 50.2 Å². The van der Waals surface area contributed by atoms with Gasteiger partial charge < -0.3 is 8.98 Å². The van der Waals surface area contributed by atoms with E-state index in [9.17, 15) is 0 Å². The van der Waals surface area contributed by atoms with Crippen molar-refractivity contribution in [3.05, 3.63) is 201 Å². The second kappa shape index (κ2) is 17.7. The van der Waals surface area contributed by atoms with Crippen LogP contribution >= 0.6 is 0 Å². The highest BCUT2D eigenvalue weighted by atomic mass is 16.3. The SMILES string of the molecule is C=CC.CC.CC.c1ccc(-c2cc(-c3ccccc3)cc(-c3cccc(-n4c5ccccc5c5cc(-c6ccc7oc8ccccc8c7c6)ccc54)c3)c2)cc1. The highest BCUT2D eigenvalue weighted by Crippen LogP contribution is 2.39. The van der Waals surface area contributed by atoms with Crippen LogP contribution < -0.4 is 0 Å². The quantitative estimate of drug-likeness (QED) is 0.161. The van der Waals surface area contributed by atoms with Gasteiger partial charge in [-0.25, -0.2) is 0 Å². The van der Waals surface area contributed by atoms with Crippen LogP contribution in [0.2, 0.25) is 0 Å². The molecule has 0 spiro atoms. The van der Waals surface area contributed by atoms with Gasteiger partial charge in [-0.2, -0.15) is 0 Å². The lowest BCUT2D eigenvalue weighted by Crippen LogP contribution is -1.94. The lowest BCUT2D eigenvalue weighted by molar-refractivity contribution is 0.669. The Bertz CT molecular complexity index is 2850. The van der Waals surface area contributed by atoms with Crippen molar-refractivity contribution in [2.75, 3.05) is 0 Å². The smallest absolute Gasteiger partial charge is 0.135 e. The lowest BCUT2D eigenvalue weighted by Gasteiger charge is -2.14. The molecule has 57 heavy (non-hydrogen) atoms. The molecular weight excluding hydrogens is 691 g/mol. The van der Waals surface area contributed by atoms with Crippen LogP contribution in [0.3, 0.4) is 0 Å². The Balaban J connectivity index is 0.000000670. The molecule has 0 amide bonds. The van der Waals surface area contributed by atoms with E-state index in [0.29, 0.717) is 0 Å². The van der Waals surface area contributed by atoms with Gasteiger partial charge in [0.1, 0.15) is 11.2 Å². The van der Waals surface area contributed by atoms with E-state index < -0.39 is 0 Å². The zero-order valence-electron chi connectivity index (χ0n) is 33.5. The van der Waals surface area contributed by atoms with Gasteiger partial charge in [0, 0.05) is 27.2 Å². The Hall–Kier alpha value is -6.90. The van der Waals surface area contributed by atoms with Crippen molar-refractivity contribution >= 4 is 43.7 Å². The summed E-state index contributed by atoms with van der Waals surface area (Å²) in [4.78, 5) is 0. The van der Waals surface area contributed by atoms with Crippen molar-refractivity contribution in [2.24, 2.45) is 0 Å². The predicted molar refractivity (Wildman–Crippen MR) is 248 cm³/mol. The van der Waals surface area contributed by atoms with Crippen LogP contribution in [0.15, 0.2) is 205 Å². The fourth-order valence-electron chi connectivity index (χ4n) is 7.55. The molecule has 0 radical (unpaired) electrons. The minimum atomic E-state index is 0.915. The van der Waals surface area contributed by atoms with E-state index in [0.717, 1.165) is 27.6 Å². The Labute approximate surface area is 337 Å². The monoisotopic (exact) mass is 739 g/mol. The van der Waals surface area contributed by atoms with Crippen LogP contribution in [-0.4, -0.2) is 4.57 Å². The number of allylic oxidation sites excluding steroid dienone is 1. The maximum atomic E-state index is 6.12. The summed E-state index contributed by atoms with van der Waals surface area (Å²) < 4.78 is 8.53. The summed E-state index contributed by atoms with van der Waals surface area (Å²) in [5, 5.41) is 4.76. The van der Waals surface area contributed by atoms with Crippen LogP contribution in [0.1, 0.15) is 34.6 Å². The average Bonchev–Trinajstić information content (AvgIpc) is 3.84. The minimum Gasteiger partial charge on any atom is -0.456 e. The van der Waals surface area contributed by atoms with Crippen molar-refractivity contribution < 1.29 is 4.42 Å². The molecule has 0 unspecified atom stereocenters. The summed E-state index contributed by atoms with van der Waals surface area (Å²) in [6, 6.07) is 67.6. The van der Waals surface area contributed by atoms with Gasteiger partial charge in [0.15, 0.2) is 0 Å². The topological polar surface area (TPSA) is 18.1 Å². The van der Waals surface area contributed by atoms with Gasteiger partial charge in [0.2, 0.25) is 0 Å². The Morgan fingerprint density at radius 1 is 0.368 bits per heavy atom.